The fourth-order valence-electron chi connectivity index (χ4n) is 2.36. The van der Waals surface area contributed by atoms with E-state index in [4.69, 9.17) is 14.6 Å². The molecule has 0 saturated carbocycles. The third-order valence-corrected chi connectivity index (χ3v) is 2.89. The van der Waals surface area contributed by atoms with Crippen molar-refractivity contribution in [1.29, 1.82) is 0 Å². The van der Waals surface area contributed by atoms with Gasteiger partial charge in [0.15, 0.2) is 0 Å². The van der Waals surface area contributed by atoms with E-state index in [1.807, 2.05) is 27.7 Å². The van der Waals surface area contributed by atoms with Crippen molar-refractivity contribution in [1.82, 2.24) is 0 Å². The first kappa shape index (κ1) is 17.7. The van der Waals surface area contributed by atoms with Gasteiger partial charge in [-0.3, -0.25) is 4.79 Å². The van der Waals surface area contributed by atoms with Gasteiger partial charge in [0.1, 0.15) is 11.5 Å². The molecule has 1 N–H and O–H groups in total. The van der Waals surface area contributed by atoms with Crippen molar-refractivity contribution in [2.45, 2.75) is 60.0 Å². The van der Waals surface area contributed by atoms with E-state index in [0.29, 0.717) is 6.61 Å². The van der Waals surface area contributed by atoms with E-state index < -0.39 is 29.1 Å². The molecule has 0 aliphatic heterocycles. The van der Waals surface area contributed by atoms with Gasteiger partial charge in [0, 0.05) is 0 Å². The normalized spacial score (nSPS) is 13.8. The zero-order valence-electron chi connectivity index (χ0n) is 12.8. The van der Waals surface area contributed by atoms with Gasteiger partial charge in [-0.1, -0.05) is 34.1 Å². The van der Waals surface area contributed by atoms with E-state index in [-0.39, 0.29) is 0 Å². The van der Waals surface area contributed by atoms with E-state index in [1.54, 1.807) is 13.8 Å². The number of hydrogen-bond acceptors (Lipinski definition) is 4. The number of esters is 1. The lowest BCUT2D eigenvalue weighted by molar-refractivity contribution is -0.165. The van der Waals surface area contributed by atoms with E-state index in [9.17, 15) is 9.59 Å². The molecule has 0 aromatic heterocycles. The maximum atomic E-state index is 12.2. The highest BCUT2D eigenvalue weighted by molar-refractivity contribution is 5.75. The van der Waals surface area contributed by atoms with Crippen molar-refractivity contribution in [3.63, 3.8) is 0 Å². The lowest BCUT2D eigenvalue weighted by Crippen LogP contribution is -2.48. The monoisotopic (exact) mass is 274 g/mol. The van der Waals surface area contributed by atoms with Crippen molar-refractivity contribution in [2.24, 2.45) is 11.3 Å². The Bertz CT molecular complexity index is 314. The highest BCUT2D eigenvalue weighted by Crippen LogP contribution is 2.38. The molecule has 0 saturated heterocycles. The minimum Gasteiger partial charge on any atom is -0.465 e. The summed E-state index contributed by atoms with van der Waals surface area (Å²) in [7, 11) is 0. The molecule has 0 fully saturated rings. The van der Waals surface area contributed by atoms with Crippen LogP contribution in [0.25, 0.3) is 0 Å². The maximum Gasteiger partial charge on any atom is 0.506 e. The first-order chi connectivity index (χ1) is 8.52. The van der Waals surface area contributed by atoms with Crippen LogP contribution in [0.3, 0.4) is 0 Å². The fourth-order valence-corrected chi connectivity index (χ4v) is 2.36. The predicted molar refractivity (Wildman–Crippen MR) is 72.0 cm³/mol. The molecule has 19 heavy (non-hydrogen) atoms. The third-order valence-electron chi connectivity index (χ3n) is 2.89. The van der Waals surface area contributed by atoms with Crippen molar-refractivity contribution in [2.75, 3.05) is 6.61 Å². The Balaban J connectivity index is 5.01. The predicted octanol–water partition coefficient (Wildman–Crippen LogP) is 3.47. The molecule has 5 nitrogen and oxygen atoms in total. The topological polar surface area (TPSA) is 72.8 Å². The summed E-state index contributed by atoms with van der Waals surface area (Å²) in [6, 6.07) is 0. The summed E-state index contributed by atoms with van der Waals surface area (Å²) in [4.78, 5) is 23.0. The van der Waals surface area contributed by atoms with E-state index in [1.165, 1.54) is 0 Å². The van der Waals surface area contributed by atoms with Gasteiger partial charge in [-0.15, -0.1) is 0 Å². The first-order valence-electron chi connectivity index (χ1n) is 6.61. The van der Waals surface area contributed by atoms with Gasteiger partial charge in [-0.25, -0.2) is 4.79 Å². The van der Waals surface area contributed by atoms with Crippen LogP contribution in [-0.2, 0) is 14.3 Å². The molecule has 5 heteroatoms. The number of rotatable bonds is 6. The molecule has 1 atom stereocenters. The maximum absolute atomic E-state index is 12.2. The van der Waals surface area contributed by atoms with Crippen molar-refractivity contribution >= 4 is 12.1 Å². The average Bonchev–Trinajstić information content (AvgIpc) is 2.12. The molecule has 0 spiro atoms. The number of carboxylic acid groups (broad SMARTS) is 1. The van der Waals surface area contributed by atoms with Gasteiger partial charge in [-0.2, -0.15) is 0 Å². The lowest BCUT2D eigenvalue weighted by Gasteiger charge is -2.39. The molecular formula is C14H26O5. The second-order valence-corrected chi connectivity index (χ2v) is 6.29. The smallest absolute Gasteiger partial charge is 0.465 e. The van der Waals surface area contributed by atoms with Crippen LogP contribution in [0.15, 0.2) is 0 Å². The van der Waals surface area contributed by atoms with Gasteiger partial charge in [-0.05, 0) is 25.7 Å². The molecular weight excluding hydrogens is 248 g/mol. The quantitative estimate of drug-likeness (QED) is 0.593. The number of ether oxygens (including phenoxy) is 2. The number of carbonyl (C=O) groups is 2. The molecule has 0 aromatic carbocycles. The van der Waals surface area contributed by atoms with Gasteiger partial charge >= 0.3 is 12.1 Å². The van der Waals surface area contributed by atoms with Crippen LogP contribution in [0.2, 0.25) is 0 Å². The Morgan fingerprint density at radius 2 is 1.68 bits per heavy atom. The van der Waals surface area contributed by atoms with Crippen LogP contribution in [-0.4, -0.2) is 29.4 Å². The fraction of sp³-hybridized carbons (Fsp3) is 0.857. The molecule has 0 amide bonds. The molecule has 0 rings (SSSR count). The van der Waals surface area contributed by atoms with Gasteiger partial charge in [0.05, 0.1) is 6.61 Å². The number of unbranched alkanes of at least 4 members (excludes halogenated alkanes) is 1. The third kappa shape index (κ3) is 5.94. The minimum atomic E-state index is -1.39. The second-order valence-electron chi connectivity index (χ2n) is 6.29. The molecule has 0 aromatic rings. The van der Waals surface area contributed by atoms with Crippen LogP contribution in [0.5, 0.6) is 0 Å². The largest absolute Gasteiger partial charge is 0.506 e. The Morgan fingerprint density at radius 1 is 1.16 bits per heavy atom. The van der Waals surface area contributed by atoms with Crippen LogP contribution in [0.4, 0.5) is 4.79 Å². The molecule has 0 radical (unpaired) electrons. The average molecular weight is 274 g/mol. The Hall–Kier alpha value is -1.26. The molecule has 112 valence electrons. The van der Waals surface area contributed by atoms with Crippen LogP contribution in [0.1, 0.15) is 54.4 Å². The zero-order chi connectivity index (χ0) is 15.3. The minimum absolute atomic E-state index is 0.352. The summed E-state index contributed by atoms with van der Waals surface area (Å²) in [5, 5.41) is 8.79. The molecule has 0 aliphatic rings. The van der Waals surface area contributed by atoms with Crippen molar-refractivity contribution in [3.05, 3.63) is 0 Å². The van der Waals surface area contributed by atoms with E-state index >= 15 is 0 Å². The number of hydrogen-bond donors (Lipinski definition) is 1. The SMILES string of the molecule is CCCCOC(=O)C(C(C)(C)C)C(C)(C)OC(=O)O. The summed E-state index contributed by atoms with van der Waals surface area (Å²) in [6.07, 6.45) is 0.339. The highest BCUT2D eigenvalue weighted by Gasteiger charge is 2.47. The van der Waals surface area contributed by atoms with E-state index in [0.717, 1.165) is 12.8 Å². The molecule has 1 unspecified atom stereocenters. The summed E-state index contributed by atoms with van der Waals surface area (Å²) in [6.45, 7) is 11.1. The lowest BCUT2D eigenvalue weighted by atomic mass is 9.72. The summed E-state index contributed by atoms with van der Waals surface area (Å²) in [5.41, 5.74) is -1.59. The molecule has 0 bridgehead atoms. The van der Waals surface area contributed by atoms with Crippen molar-refractivity contribution in [3.8, 4) is 0 Å². The van der Waals surface area contributed by atoms with Crippen molar-refractivity contribution < 1.29 is 24.2 Å². The highest BCUT2D eigenvalue weighted by atomic mass is 16.7. The van der Waals surface area contributed by atoms with Crippen LogP contribution in [0, 0.1) is 11.3 Å². The Morgan fingerprint density at radius 3 is 2.05 bits per heavy atom. The number of carbonyl (C=O) groups excluding carboxylic acids is 1. The van der Waals surface area contributed by atoms with Gasteiger partial charge in [0.25, 0.3) is 0 Å². The zero-order valence-corrected chi connectivity index (χ0v) is 12.8. The summed E-state index contributed by atoms with van der Waals surface area (Å²) in [5.74, 6) is -1.07. The molecule has 0 aliphatic carbocycles. The summed E-state index contributed by atoms with van der Waals surface area (Å²) < 4.78 is 10.1. The Labute approximate surface area is 115 Å². The standard InChI is InChI=1S/C14H26O5/c1-7-8-9-18-11(15)10(13(2,3)4)14(5,6)19-12(16)17/h10H,7-9H2,1-6H3,(H,16,17). The molecule has 0 heterocycles. The Kier molecular flexibility index (Phi) is 6.33. The van der Waals surface area contributed by atoms with Crippen LogP contribution < -0.4 is 0 Å². The first-order valence-corrected chi connectivity index (χ1v) is 6.61. The summed E-state index contributed by atoms with van der Waals surface area (Å²) >= 11 is 0. The van der Waals surface area contributed by atoms with Crippen LogP contribution >= 0.6 is 0 Å². The second kappa shape index (κ2) is 6.78. The van der Waals surface area contributed by atoms with Gasteiger partial charge in [0.2, 0.25) is 0 Å². The van der Waals surface area contributed by atoms with Gasteiger partial charge < -0.3 is 14.6 Å². The van der Waals surface area contributed by atoms with E-state index in [2.05, 4.69) is 0 Å².